The van der Waals surface area contributed by atoms with Crippen LogP contribution < -0.4 is 64.1 Å². The number of nitrogens with two attached hydrogens (primary N) is 2. The van der Waals surface area contributed by atoms with Gasteiger partial charge in [0.1, 0.15) is 37.1 Å². The molecule has 0 saturated carbocycles. The summed E-state index contributed by atoms with van der Waals surface area (Å²) in [6, 6.07) is 19.6. The van der Waals surface area contributed by atoms with E-state index in [-0.39, 0.29) is 107 Å². The summed E-state index contributed by atoms with van der Waals surface area (Å²) in [7, 11) is 1.15. The number of alkyl carbamates (subject to hydrolysis) is 2. The highest BCUT2D eigenvalue weighted by atomic mass is 16.5. The lowest BCUT2D eigenvalue weighted by molar-refractivity contribution is -0.137. The molecule has 0 radical (unpaired) electrons. The van der Waals surface area contributed by atoms with Crippen molar-refractivity contribution in [1.82, 2.24) is 42.1 Å². The average Bonchev–Trinajstić information content (AvgIpc) is 3.81. The van der Waals surface area contributed by atoms with Crippen LogP contribution in [0.25, 0.3) is 0 Å². The van der Waals surface area contributed by atoms with Crippen molar-refractivity contribution in [1.29, 1.82) is 0 Å². The van der Waals surface area contributed by atoms with Crippen LogP contribution in [-0.4, -0.2) is 109 Å². The van der Waals surface area contributed by atoms with E-state index in [2.05, 4.69) is 52.6 Å². The van der Waals surface area contributed by atoms with Gasteiger partial charge >= 0.3 is 24.2 Å². The Morgan fingerprint density at radius 1 is 0.744 bits per heavy atom. The Morgan fingerprint density at radius 3 is 2.14 bits per heavy atom. The summed E-state index contributed by atoms with van der Waals surface area (Å²) in [4.78, 5) is 127. The maximum atomic E-state index is 13.7. The monoisotopic (exact) mass is 1080 g/mol. The zero-order valence-corrected chi connectivity index (χ0v) is 43.3. The standard InChI is InChI=1S/C53H64N12O13/c1-30(2)44(64-53(75)76-3)48(70)62-41(5-4-21-57-50(55)72)46(68)60-37-12-11-34(40(24-37)45(67)56-22-20-54)29-78-52(74)59-25-31-6-8-32(9-7-31)28-77-38-15-13-36(14-16-38)61-51(73)58-26-33-10-17-39-35(23-33)27-65(49(39)71)42-18-19-43(66)63-47(42)69/h6-17,23-24,30,41-42,44H,4-5,18-22,25-29,54H2,1-3H3,(H,56,67)(H,59,74)(H,60,68)(H,62,70)(H,64,75)(H3,55,57,72)(H2,58,61,73)(H,63,66,69)/t41-,42?,44-/m0/s1. The molecule has 13 N–H and O–H groups in total. The molecule has 414 valence electrons. The maximum Gasteiger partial charge on any atom is 0.407 e. The number of anilines is 2. The minimum absolute atomic E-state index is 0.0535. The SMILES string of the molecule is COC(=O)N[C@H](C(=O)N[C@@H](CCCNC(N)=O)C(=O)Nc1ccc(COC(=O)NCc2ccc(COc3ccc(NC(=O)NCc4ccc5c(c4)CN(C4CCC(=O)NC4=O)C5=O)cc3)cc2)c(C(=O)NCCN)c1)C(C)C. The number of nitrogens with one attached hydrogen (secondary N) is 9. The van der Waals surface area contributed by atoms with Crippen LogP contribution in [0, 0.1) is 5.92 Å². The van der Waals surface area contributed by atoms with Crippen molar-refractivity contribution in [3.8, 4) is 5.75 Å². The number of ether oxygens (including phenoxy) is 3. The van der Waals surface area contributed by atoms with Gasteiger partial charge in [0.25, 0.3) is 11.8 Å². The molecule has 0 aliphatic carbocycles. The van der Waals surface area contributed by atoms with Crippen LogP contribution in [0.15, 0.2) is 84.9 Å². The van der Waals surface area contributed by atoms with Gasteiger partial charge in [0.05, 0.1) is 7.11 Å². The van der Waals surface area contributed by atoms with Crippen LogP contribution in [0.2, 0.25) is 0 Å². The number of carbonyl (C=O) groups is 10. The fourth-order valence-corrected chi connectivity index (χ4v) is 8.29. The zero-order chi connectivity index (χ0) is 56.3. The number of fused-ring (bicyclic) bond motifs is 1. The van der Waals surface area contributed by atoms with E-state index in [1.54, 1.807) is 50.2 Å². The molecule has 78 heavy (non-hydrogen) atoms. The topological polar surface area (TPSA) is 362 Å². The summed E-state index contributed by atoms with van der Waals surface area (Å²) < 4.78 is 16.0. The molecular formula is C53H64N12O13. The summed E-state index contributed by atoms with van der Waals surface area (Å²) in [6.07, 6.45) is -0.886. The van der Waals surface area contributed by atoms with Gasteiger partial charge in [-0.1, -0.05) is 56.3 Å². The Hall–Kier alpha value is -9.26. The fraction of sp³-hybridized carbons (Fsp3) is 0.358. The van der Waals surface area contributed by atoms with Crippen molar-refractivity contribution in [3.63, 3.8) is 0 Å². The minimum atomic E-state index is -1.16. The van der Waals surface area contributed by atoms with E-state index < -0.39 is 66.0 Å². The van der Waals surface area contributed by atoms with Gasteiger partial charge in [0.2, 0.25) is 23.6 Å². The molecule has 2 heterocycles. The molecule has 6 rings (SSSR count). The highest BCUT2D eigenvalue weighted by molar-refractivity contribution is 6.05. The number of hydrogen-bond donors (Lipinski definition) is 11. The first-order valence-electron chi connectivity index (χ1n) is 25.0. The number of rotatable bonds is 24. The number of nitrogens with zero attached hydrogens (tertiary/aromatic N) is 1. The van der Waals surface area contributed by atoms with Gasteiger partial charge in [-0.05, 0) is 89.9 Å². The minimum Gasteiger partial charge on any atom is -0.489 e. The van der Waals surface area contributed by atoms with Gasteiger partial charge in [-0.25, -0.2) is 19.2 Å². The van der Waals surface area contributed by atoms with E-state index in [4.69, 9.17) is 20.9 Å². The maximum absolute atomic E-state index is 13.7. The Kier molecular flexibility index (Phi) is 20.9. The Labute approximate surface area is 449 Å². The Bertz CT molecular complexity index is 2860. The molecule has 25 heteroatoms. The van der Waals surface area contributed by atoms with E-state index in [0.29, 0.717) is 22.6 Å². The molecule has 0 aromatic heterocycles. The number of benzene rings is 4. The number of amides is 12. The molecule has 1 unspecified atom stereocenters. The molecule has 25 nitrogen and oxygen atoms in total. The van der Waals surface area contributed by atoms with E-state index >= 15 is 0 Å². The number of piperidine rings is 1. The van der Waals surface area contributed by atoms with E-state index in [1.165, 1.54) is 23.1 Å². The van der Waals surface area contributed by atoms with Gasteiger partial charge in [-0.3, -0.25) is 34.1 Å². The van der Waals surface area contributed by atoms with Crippen molar-refractivity contribution in [2.45, 2.75) is 90.5 Å². The molecule has 4 aromatic carbocycles. The van der Waals surface area contributed by atoms with Gasteiger partial charge in [0.15, 0.2) is 0 Å². The van der Waals surface area contributed by atoms with Crippen LogP contribution in [-0.2, 0) is 61.5 Å². The second-order valence-corrected chi connectivity index (χ2v) is 18.5. The summed E-state index contributed by atoms with van der Waals surface area (Å²) in [5, 5.41) is 23.5. The van der Waals surface area contributed by atoms with E-state index in [9.17, 15) is 47.9 Å². The second-order valence-electron chi connectivity index (χ2n) is 18.5. The summed E-state index contributed by atoms with van der Waals surface area (Å²) >= 11 is 0. The van der Waals surface area contributed by atoms with Crippen molar-refractivity contribution < 1.29 is 62.2 Å². The zero-order valence-electron chi connectivity index (χ0n) is 43.3. The van der Waals surface area contributed by atoms with Crippen molar-refractivity contribution in [2.24, 2.45) is 17.4 Å². The highest BCUT2D eigenvalue weighted by Gasteiger charge is 2.39. The van der Waals surface area contributed by atoms with Crippen molar-refractivity contribution >= 4 is 71.1 Å². The number of imide groups is 1. The molecule has 12 amide bonds. The molecule has 1 fully saturated rings. The lowest BCUT2D eigenvalue weighted by atomic mass is 10.0. The predicted octanol–water partition coefficient (Wildman–Crippen LogP) is 2.72. The quantitative estimate of drug-likeness (QED) is 0.0355. The first kappa shape index (κ1) is 58.0. The molecule has 2 aliphatic heterocycles. The smallest absolute Gasteiger partial charge is 0.407 e. The number of primary amides is 1. The molecular weight excluding hydrogens is 1010 g/mol. The second kappa shape index (κ2) is 28.0. The van der Waals surface area contributed by atoms with Crippen LogP contribution in [0.3, 0.4) is 0 Å². The van der Waals surface area contributed by atoms with Gasteiger partial charge in [0, 0.05) is 73.8 Å². The van der Waals surface area contributed by atoms with Gasteiger partial charge < -0.3 is 73.1 Å². The molecule has 2 aliphatic rings. The molecule has 4 aromatic rings. The summed E-state index contributed by atoms with van der Waals surface area (Å²) in [5.41, 5.74) is 15.4. The number of methoxy groups -OCH3 is 1. The van der Waals surface area contributed by atoms with Crippen LogP contribution >= 0.6 is 0 Å². The van der Waals surface area contributed by atoms with E-state index in [0.717, 1.165) is 29.4 Å². The third kappa shape index (κ3) is 16.9. The predicted molar refractivity (Wildman–Crippen MR) is 282 cm³/mol. The number of urea groups is 2. The highest BCUT2D eigenvalue weighted by Crippen LogP contribution is 2.28. The normalized spacial score (nSPS) is 14.4. The summed E-state index contributed by atoms with van der Waals surface area (Å²) in [6.45, 7) is 4.21. The van der Waals surface area contributed by atoms with Crippen molar-refractivity contribution in [2.75, 3.05) is 37.4 Å². The first-order chi connectivity index (χ1) is 37.4. The fourth-order valence-electron chi connectivity index (χ4n) is 8.29. The average molecular weight is 1080 g/mol. The molecule has 1 saturated heterocycles. The molecule has 3 atom stereocenters. The van der Waals surface area contributed by atoms with Crippen LogP contribution in [0.4, 0.5) is 30.6 Å². The lowest BCUT2D eigenvalue weighted by Crippen LogP contribution is -2.54. The van der Waals surface area contributed by atoms with Gasteiger partial charge in [-0.2, -0.15) is 0 Å². The third-order valence-electron chi connectivity index (χ3n) is 12.4. The van der Waals surface area contributed by atoms with Gasteiger partial charge in [-0.15, -0.1) is 0 Å². The first-order valence-corrected chi connectivity index (χ1v) is 25.0. The number of hydrogen-bond acceptors (Lipinski definition) is 14. The molecule has 0 bridgehead atoms. The number of carbonyl (C=O) groups excluding carboxylic acids is 10. The van der Waals surface area contributed by atoms with Crippen LogP contribution in [0.5, 0.6) is 5.75 Å². The molecule has 0 spiro atoms. The van der Waals surface area contributed by atoms with E-state index in [1.807, 2.05) is 30.3 Å². The third-order valence-corrected chi connectivity index (χ3v) is 12.4. The Balaban J connectivity index is 0.946. The summed E-state index contributed by atoms with van der Waals surface area (Å²) in [5.74, 6) is -2.82. The largest absolute Gasteiger partial charge is 0.489 e. The van der Waals surface area contributed by atoms with Crippen molar-refractivity contribution in [3.05, 3.63) is 124 Å². The Morgan fingerprint density at radius 2 is 1.45 bits per heavy atom. The lowest BCUT2D eigenvalue weighted by Gasteiger charge is -2.29. The van der Waals surface area contributed by atoms with Crippen LogP contribution in [0.1, 0.15) is 88.1 Å².